The van der Waals surface area contributed by atoms with Crippen molar-refractivity contribution in [1.29, 1.82) is 0 Å². The minimum atomic E-state index is 0.119. The molecule has 1 rings (SSSR count). The summed E-state index contributed by atoms with van der Waals surface area (Å²) in [6, 6.07) is 3.86. The lowest BCUT2D eigenvalue weighted by atomic mass is 10.1. The second kappa shape index (κ2) is 4.07. The van der Waals surface area contributed by atoms with Crippen molar-refractivity contribution in [3.05, 3.63) is 24.0 Å². The van der Waals surface area contributed by atoms with Gasteiger partial charge in [-0.05, 0) is 19.1 Å². The average molecular weight is 166 g/mol. The first-order valence-electron chi connectivity index (χ1n) is 3.97. The minimum absolute atomic E-state index is 0.119. The van der Waals surface area contributed by atoms with Crippen LogP contribution >= 0.6 is 0 Å². The van der Waals surface area contributed by atoms with E-state index >= 15 is 0 Å². The van der Waals surface area contributed by atoms with E-state index in [0.29, 0.717) is 0 Å². The molecule has 0 radical (unpaired) electrons. The number of pyridine rings is 1. The van der Waals surface area contributed by atoms with Gasteiger partial charge in [-0.3, -0.25) is 4.98 Å². The number of hydrogen-bond donors (Lipinski definition) is 1. The molecule has 12 heavy (non-hydrogen) atoms. The van der Waals surface area contributed by atoms with Crippen molar-refractivity contribution in [1.82, 2.24) is 4.98 Å². The topological polar surface area (TPSA) is 48.1 Å². The van der Waals surface area contributed by atoms with Crippen LogP contribution in [0.4, 0.5) is 0 Å². The molecule has 0 aliphatic heterocycles. The Balaban J connectivity index is 2.82. The normalized spacial score (nSPS) is 12.6. The van der Waals surface area contributed by atoms with E-state index in [-0.39, 0.29) is 6.04 Å². The van der Waals surface area contributed by atoms with Crippen molar-refractivity contribution < 1.29 is 4.74 Å². The second-order valence-corrected chi connectivity index (χ2v) is 2.83. The smallest absolute Gasteiger partial charge is 0.140 e. The van der Waals surface area contributed by atoms with Gasteiger partial charge in [0.05, 0.1) is 12.8 Å². The highest BCUT2D eigenvalue weighted by molar-refractivity contribution is 5.27. The quantitative estimate of drug-likeness (QED) is 0.728. The van der Waals surface area contributed by atoms with Gasteiger partial charge in [0.25, 0.3) is 0 Å². The van der Waals surface area contributed by atoms with E-state index in [2.05, 4.69) is 4.98 Å². The fourth-order valence-electron chi connectivity index (χ4n) is 1.07. The Labute approximate surface area is 72.6 Å². The van der Waals surface area contributed by atoms with Crippen LogP contribution in [0, 0.1) is 0 Å². The van der Waals surface area contributed by atoms with Crippen LogP contribution in [0.15, 0.2) is 18.3 Å². The summed E-state index contributed by atoms with van der Waals surface area (Å²) >= 11 is 0. The largest absolute Gasteiger partial charge is 0.495 e. The highest BCUT2D eigenvalue weighted by Gasteiger charge is 2.04. The molecule has 3 heteroatoms. The van der Waals surface area contributed by atoms with Crippen molar-refractivity contribution in [3.63, 3.8) is 0 Å². The molecule has 0 amide bonds. The molecule has 2 N–H and O–H groups in total. The lowest BCUT2D eigenvalue weighted by molar-refractivity contribution is 0.405. The van der Waals surface area contributed by atoms with E-state index in [1.807, 2.05) is 19.1 Å². The maximum Gasteiger partial charge on any atom is 0.140 e. The molecule has 3 nitrogen and oxygen atoms in total. The van der Waals surface area contributed by atoms with Gasteiger partial charge in [0.2, 0.25) is 0 Å². The van der Waals surface area contributed by atoms with Gasteiger partial charge in [-0.15, -0.1) is 0 Å². The van der Waals surface area contributed by atoms with E-state index in [4.69, 9.17) is 10.5 Å². The van der Waals surface area contributed by atoms with E-state index < -0.39 is 0 Å². The number of methoxy groups -OCH3 is 1. The zero-order valence-electron chi connectivity index (χ0n) is 7.45. The number of rotatable bonds is 3. The van der Waals surface area contributed by atoms with Crippen molar-refractivity contribution in [3.8, 4) is 5.75 Å². The molecule has 0 saturated carbocycles. The summed E-state index contributed by atoms with van der Waals surface area (Å²) in [4.78, 5) is 4.18. The molecule has 0 aromatic carbocycles. The van der Waals surface area contributed by atoms with Crippen LogP contribution in [0.5, 0.6) is 5.75 Å². The van der Waals surface area contributed by atoms with E-state index in [1.54, 1.807) is 13.3 Å². The Bertz CT molecular complexity index is 248. The monoisotopic (exact) mass is 166 g/mol. The Morgan fingerprint density at radius 3 is 3.00 bits per heavy atom. The van der Waals surface area contributed by atoms with Gasteiger partial charge >= 0.3 is 0 Å². The molecule has 0 unspecified atom stereocenters. The summed E-state index contributed by atoms with van der Waals surface area (Å²) in [5, 5.41) is 0. The second-order valence-electron chi connectivity index (χ2n) is 2.83. The molecule has 1 atom stereocenters. The summed E-state index contributed by atoms with van der Waals surface area (Å²) in [5.41, 5.74) is 6.58. The summed E-state index contributed by atoms with van der Waals surface area (Å²) in [5.74, 6) is 0.815. The summed E-state index contributed by atoms with van der Waals surface area (Å²) in [7, 11) is 1.64. The number of nitrogens with zero attached hydrogens (tertiary/aromatic N) is 1. The average Bonchev–Trinajstić information content (AvgIpc) is 2.04. The summed E-state index contributed by atoms with van der Waals surface area (Å²) in [6.07, 6.45) is 2.50. The van der Waals surface area contributed by atoms with Gasteiger partial charge in [0, 0.05) is 18.7 Å². The zero-order chi connectivity index (χ0) is 8.97. The van der Waals surface area contributed by atoms with E-state index in [1.165, 1.54) is 0 Å². The fourth-order valence-corrected chi connectivity index (χ4v) is 1.07. The van der Waals surface area contributed by atoms with Gasteiger partial charge in [-0.25, -0.2) is 0 Å². The van der Waals surface area contributed by atoms with Gasteiger partial charge in [0.15, 0.2) is 0 Å². The van der Waals surface area contributed by atoms with Crippen molar-refractivity contribution in [2.75, 3.05) is 7.11 Å². The van der Waals surface area contributed by atoms with Gasteiger partial charge in [-0.1, -0.05) is 0 Å². The zero-order valence-corrected chi connectivity index (χ0v) is 7.45. The fraction of sp³-hybridized carbons (Fsp3) is 0.444. The molecule has 0 spiro atoms. The van der Waals surface area contributed by atoms with Crippen molar-refractivity contribution in [2.24, 2.45) is 5.73 Å². The molecular formula is C9H14N2O. The van der Waals surface area contributed by atoms with Crippen LogP contribution in [0.25, 0.3) is 0 Å². The van der Waals surface area contributed by atoms with Crippen LogP contribution in [-0.2, 0) is 6.42 Å². The molecule has 1 aromatic rings. The Morgan fingerprint density at radius 1 is 1.67 bits per heavy atom. The molecule has 0 saturated heterocycles. The van der Waals surface area contributed by atoms with Crippen molar-refractivity contribution >= 4 is 0 Å². The maximum atomic E-state index is 5.65. The number of aromatic nitrogens is 1. The van der Waals surface area contributed by atoms with E-state index in [9.17, 15) is 0 Å². The summed E-state index contributed by atoms with van der Waals surface area (Å²) < 4.78 is 5.13. The molecule has 66 valence electrons. The third-order valence-electron chi connectivity index (χ3n) is 1.58. The summed E-state index contributed by atoms with van der Waals surface area (Å²) in [6.45, 7) is 1.95. The van der Waals surface area contributed by atoms with Crippen LogP contribution in [0.1, 0.15) is 12.6 Å². The number of hydrogen-bond acceptors (Lipinski definition) is 3. The molecule has 1 heterocycles. The highest BCUT2D eigenvalue weighted by Crippen LogP contribution is 2.15. The van der Waals surface area contributed by atoms with Crippen LogP contribution in [-0.4, -0.2) is 18.1 Å². The Kier molecular flexibility index (Phi) is 3.05. The third kappa shape index (κ3) is 2.20. The Morgan fingerprint density at radius 2 is 2.42 bits per heavy atom. The van der Waals surface area contributed by atoms with Crippen molar-refractivity contribution in [2.45, 2.75) is 19.4 Å². The molecular weight excluding hydrogens is 152 g/mol. The predicted octanol–water partition coefficient (Wildman–Crippen LogP) is 0.980. The van der Waals surface area contributed by atoms with E-state index in [0.717, 1.165) is 17.9 Å². The van der Waals surface area contributed by atoms with Crippen LogP contribution in [0.3, 0.4) is 0 Å². The molecule has 0 aliphatic rings. The third-order valence-corrected chi connectivity index (χ3v) is 1.58. The number of ether oxygens (including phenoxy) is 1. The molecule has 0 bridgehead atoms. The lowest BCUT2D eigenvalue weighted by Gasteiger charge is -2.08. The minimum Gasteiger partial charge on any atom is -0.495 e. The first-order valence-corrected chi connectivity index (χ1v) is 3.97. The Hall–Kier alpha value is -1.09. The highest BCUT2D eigenvalue weighted by atomic mass is 16.5. The van der Waals surface area contributed by atoms with Crippen LogP contribution < -0.4 is 10.5 Å². The first kappa shape index (κ1) is 9.00. The molecule has 1 aromatic heterocycles. The SMILES string of the molecule is COc1cccnc1C[C@@H](C)N. The standard InChI is InChI=1S/C9H14N2O/c1-7(10)6-8-9(12-2)4-3-5-11-8/h3-5,7H,6,10H2,1-2H3/t7-/m1/s1. The number of nitrogens with two attached hydrogens (primary N) is 1. The van der Waals surface area contributed by atoms with Gasteiger partial charge < -0.3 is 10.5 Å². The van der Waals surface area contributed by atoms with Crippen LogP contribution in [0.2, 0.25) is 0 Å². The first-order chi connectivity index (χ1) is 5.74. The lowest BCUT2D eigenvalue weighted by Crippen LogP contribution is -2.18. The van der Waals surface area contributed by atoms with Gasteiger partial charge in [0.1, 0.15) is 5.75 Å². The van der Waals surface area contributed by atoms with Gasteiger partial charge in [-0.2, -0.15) is 0 Å². The maximum absolute atomic E-state index is 5.65. The molecule has 0 fully saturated rings. The molecule has 0 aliphatic carbocycles. The predicted molar refractivity (Wildman–Crippen MR) is 48.1 cm³/mol.